The molecule has 1 unspecified atom stereocenters. The first-order valence-corrected chi connectivity index (χ1v) is 7.26. The third-order valence-electron chi connectivity index (χ3n) is 3.13. The number of nitrogens with zero attached hydrogens (tertiary/aromatic N) is 1. The number of hydrogen-bond donors (Lipinski definition) is 1. The van der Waals surface area contributed by atoms with E-state index in [9.17, 15) is 0 Å². The normalized spacial score (nSPS) is 12.9. The van der Waals surface area contributed by atoms with Gasteiger partial charge in [-0.2, -0.15) is 0 Å². The summed E-state index contributed by atoms with van der Waals surface area (Å²) in [6.45, 7) is 2.15. The zero-order chi connectivity index (χ0) is 13.2. The Kier molecular flexibility index (Phi) is 3.36. The molecular formula is C15H16N2OS. The van der Waals surface area contributed by atoms with E-state index < -0.39 is 0 Å². The average molecular weight is 272 g/mol. The molecule has 3 nitrogen and oxygen atoms in total. The standard InChI is InChI=1S/C15H16N2OS/c1-2-10-7-8-14(19-10)11(16)9-15-17-12-5-3-4-6-13(12)18-15/h3-8,11H,2,9,16H2,1H3. The summed E-state index contributed by atoms with van der Waals surface area (Å²) >= 11 is 1.77. The van der Waals surface area contributed by atoms with Gasteiger partial charge >= 0.3 is 0 Å². The molecule has 2 N–H and O–H groups in total. The van der Waals surface area contributed by atoms with Gasteiger partial charge < -0.3 is 10.2 Å². The molecule has 2 aromatic heterocycles. The molecule has 0 bridgehead atoms. The van der Waals surface area contributed by atoms with E-state index >= 15 is 0 Å². The van der Waals surface area contributed by atoms with E-state index in [1.807, 2.05) is 24.3 Å². The van der Waals surface area contributed by atoms with Crippen molar-refractivity contribution >= 4 is 22.4 Å². The molecule has 1 aromatic carbocycles. The van der Waals surface area contributed by atoms with E-state index in [1.54, 1.807) is 11.3 Å². The minimum atomic E-state index is -0.0432. The molecule has 19 heavy (non-hydrogen) atoms. The molecule has 0 amide bonds. The third-order valence-corrected chi connectivity index (χ3v) is 4.49. The van der Waals surface area contributed by atoms with E-state index in [1.165, 1.54) is 9.75 Å². The van der Waals surface area contributed by atoms with Crippen molar-refractivity contribution < 1.29 is 4.42 Å². The summed E-state index contributed by atoms with van der Waals surface area (Å²) in [4.78, 5) is 7.02. The van der Waals surface area contributed by atoms with E-state index in [0.29, 0.717) is 12.3 Å². The second-order valence-corrected chi connectivity index (χ2v) is 5.74. The number of oxazole rings is 1. The highest BCUT2D eigenvalue weighted by Crippen LogP contribution is 2.25. The average Bonchev–Trinajstić information content (AvgIpc) is 3.04. The van der Waals surface area contributed by atoms with Crippen LogP contribution in [0, 0.1) is 0 Å². The fourth-order valence-corrected chi connectivity index (χ4v) is 3.03. The maximum absolute atomic E-state index is 6.23. The summed E-state index contributed by atoms with van der Waals surface area (Å²) in [5, 5.41) is 0. The lowest BCUT2D eigenvalue weighted by Crippen LogP contribution is -2.11. The van der Waals surface area contributed by atoms with Gasteiger partial charge in [0.2, 0.25) is 0 Å². The van der Waals surface area contributed by atoms with Crippen LogP contribution in [0.5, 0.6) is 0 Å². The number of thiophene rings is 1. The predicted octanol–water partition coefficient (Wildman–Crippen LogP) is 3.69. The fraction of sp³-hybridized carbons (Fsp3) is 0.267. The monoisotopic (exact) mass is 272 g/mol. The van der Waals surface area contributed by atoms with E-state index in [0.717, 1.165) is 17.5 Å². The van der Waals surface area contributed by atoms with Gasteiger partial charge in [0, 0.05) is 22.2 Å². The Hall–Kier alpha value is -1.65. The van der Waals surface area contributed by atoms with Crippen molar-refractivity contribution in [3.63, 3.8) is 0 Å². The van der Waals surface area contributed by atoms with Crippen LogP contribution in [0.4, 0.5) is 0 Å². The largest absolute Gasteiger partial charge is 0.441 e. The first-order chi connectivity index (χ1) is 9.26. The number of benzene rings is 1. The van der Waals surface area contributed by atoms with Gasteiger partial charge in [0.05, 0.1) is 0 Å². The molecule has 0 radical (unpaired) electrons. The zero-order valence-corrected chi connectivity index (χ0v) is 11.6. The highest BCUT2D eigenvalue weighted by molar-refractivity contribution is 7.12. The molecule has 98 valence electrons. The maximum Gasteiger partial charge on any atom is 0.197 e. The second kappa shape index (κ2) is 5.15. The van der Waals surface area contributed by atoms with Gasteiger partial charge in [-0.1, -0.05) is 19.1 Å². The maximum atomic E-state index is 6.23. The lowest BCUT2D eigenvalue weighted by molar-refractivity contribution is 0.504. The highest BCUT2D eigenvalue weighted by atomic mass is 32.1. The summed E-state index contributed by atoms with van der Waals surface area (Å²) in [6, 6.07) is 12.0. The Morgan fingerprint density at radius 2 is 2.11 bits per heavy atom. The number of aromatic nitrogens is 1. The Morgan fingerprint density at radius 3 is 2.84 bits per heavy atom. The van der Waals surface area contributed by atoms with Crippen molar-refractivity contribution in [1.82, 2.24) is 4.98 Å². The highest BCUT2D eigenvalue weighted by Gasteiger charge is 2.14. The quantitative estimate of drug-likeness (QED) is 0.788. The van der Waals surface area contributed by atoms with E-state index in [4.69, 9.17) is 10.2 Å². The zero-order valence-electron chi connectivity index (χ0n) is 10.8. The van der Waals surface area contributed by atoms with Crippen LogP contribution in [0.15, 0.2) is 40.8 Å². The van der Waals surface area contributed by atoms with Gasteiger partial charge in [0.25, 0.3) is 0 Å². The summed E-state index contributed by atoms with van der Waals surface area (Å²) in [7, 11) is 0. The molecule has 0 saturated carbocycles. The predicted molar refractivity (Wildman–Crippen MR) is 78.3 cm³/mol. The Labute approximate surface area is 116 Å². The molecule has 3 rings (SSSR count). The van der Waals surface area contributed by atoms with Gasteiger partial charge in [-0.15, -0.1) is 11.3 Å². The van der Waals surface area contributed by atoms with Crippen LogP contribution in [-0.4, -0.2) is 4.98 Å². The van der Waals surface area contributed by atoms with Crippen LogP contribution >= 0.6 is 11.3 Å². The number of nitrogens with two attached hydrogens (primary N) is 1. The molecule has 4 heteroatoms. The molecule has 3 aromatic rings. The summed E-state index contributed by atoms with van der Waals surface area (Å²) in [5.74, 6) is 0.708. The van der Waals surface area contributed by atoms with Crippen molar-refractivity contribution in [2.45, 2.75) is 25.8 Å². The van der Waals surface area contributed by atoms with Gasteiger partial charge in [-0.25, -0.2) is 4.98 Å². The molecule has 0 aliphatic rings. The number of aryl methyl sites for hydroxylation is 1. The molecule has 0 aliphatic carbocycles. The van der Waals surface area contributed by atoms with Gasteiger partial charge in [0.1, 0.15) is 5.52 Å². The number of para-hydroxylation sites is 2. The number of fused-ring (bicyclic) bond motifs is 1. The Morgan fingerprint density at radius 1 is 1.26 bits per heavy atom. The smallest absolute Gasteiger partial charge is 0.197 e. The van der Waals surface area contributed by atoms with E-state index in [2.05, 4.69) is 24.0 Å². The first kappa shape index (κ1) is 12.4. The lowest BCUT2D eigenvalue weighted by atomic mass is 10.2. The number of rotatable bonds is 4. The van der Waals surface area contributed by atoms with E-state index in [-0.39, 0.29) is 6.04 Å². The van der Waals surface area contributed by atoms with Crippen molar-refractivity contribution in [2.24, 2.45) is 5.73 Å². The SMILES string of the molecule is CCc1ccc(C(N)Cc2nc3ccccc3o2)s1. The van der Waals surface area contributed by atoms with Crippen molar-refractivity contribution in [2.75, 3.05) is 0 Å². The van der Waals surface area contributed by atoms with Crippen molar-refractivity contribution in [3.8, 4) is 0 Å². The third kappa shape index (κ3) is 2.55. The van der Waals surface area contributed by atoms with Crippen LogP contribution in [0.3, 0.4) is 0 Å². The minimum absolute atomic E-state index is 0.0432. The van der Waals surface area contributed by atoms with Crippen LogP contribution in [0.2, 0.25) is 0 Å². The van der Waals surface area contributed by atoms with Gasteiger partial charge in [-0.05, 0) is 30.7 Å². The van der Waals surface area contributed by atoms with Gasteiger partial charge in [-0.3, -0.25) is 0 Å². The molecule has 0 saturated heterocycles. The molecule has 0 spiro atoms. The Bertz CT molecular complexity index is 653. The van der Waals surface area contributed by atoms with Crippen LogP contribution in [-0.2, 0) is 12.8 Å². The van der Waals surface area contributed by atoms with Crippen LogP contribution in [0.1, 0.15) is 28.6 Å². The summed E-state index contributed by atoms with van der Waals surface area (Å²) in [6.07, 6.45) is 1.69. The topological polar surface area (TPSA) is 52.0 Å². The van der Waals surface area contributed by atoms with Crippen molar-refractivity contribution in [3.05, 3.63) is 52.0 Å². The first-order valence-electron chi connectivity index (χ1n) is 6.45. The summed E-state index contributed by atoms with van der Waals surface area (Å²) in [5.41, 5.74) is 7.95. The van der Waals surface area contributed by atoms with Crippen molar-refractivity contribution in [1.29, 1.82) is 0 Å². The lowest BCUT2D eigenvalue weighted by Gasteiger charge is -2.05. The molecule has 2 heterocycles. The Balaban J connectivity index is 1.80. The minimum Gasteiger partial charge on any atom is -0.441 e. The fourth-order valence-electron chi connectivity index (χ4n) is 2.08. The number of hydrogen-bond acceptors (Lipinski definition) is 4. The molecule has 0 aliphatic heterocycles. The molecule has 0 fully saturated rings. The summed E-state index contributed by atoms with van der Waals surface area (Å²) < 4.78 is 5.71. The van der Waals surface area contributed by atoms with Gasteiger partial charge in [0.15, 0.2) is 11.5 Å². The molecule has 1 atom stereocenters. The molecular weight excluding hydrogens is 256 g/mol. The van der Waals surface area contributed by atoms with Crippen LogP contribution in [0.25, 0.3) is 11.1 Å². The second-order valence-electron chi connectivity index (χ2n) is 4.54. The van der Waals surface area contributed by atoms with Crippen LogP contribution < -0.4 is 5.73 Å².